The maximum absolute atomic E-state index is 15.4. The molecule has 1 aromatic carbocycles. The Balaban J connectivity index is 2.53. The third-order valence-corrected chi connectivity index (χ3v) is 6.26. The van der Waals surface area contributed by atoms with E-state index in [0.717, 1.165) is 0 Å². The molecule has 0 aromatic heterocycles. The van der Waals surface area contributed by atoms with Gasteiger partial charge in [-0.25, -0.2) is 9.18 Å². The van der Waals surface area contributed by atoms with E-state index in [-0.39, 0.29) is 18.6 Å². The highest BCUT2D eigenvalue weighted by atomic mass is 28.1. The van der Waals surface area contributed by atoms with Gasteiger partial charge >= 0.3 is 19.2 Å². The van der Waals surface area contributed by atoms with Crippen LogP contribution in [0.15, 0.2) is 12.1 Å². The predicted octanol–water partition coefficient (Wildman–Crippen LogP) is 3.23. The summed E-state index contributed by atoms with van der Waals surface area (Å²) in [6, 6.07) is 3.15. The second-order valence-corrected chi connectivity index (χ2v) is 11.2. The molecule has 3 radical (unpaired) electrons. The minimum absolute atomic E-state index is 0.0304. The molecule has 0 bridgehead atoms. The van der Waals surface area contributed by atoms with Gasteiger partial charge in [0.2, 0.25) is 0 Å². The Hall–Kier alpha value is -1.91. The number of nitrogens with one attached hydrogen (secondary N) is 1. The van der Waals surface area contributed by atoms with Crippen molar-refractivity contribution < 1.29 is 32.8 Å². The van der Waals surface area contributed by atoms with Crippen LogP contribution in [0.4, 0.5) is 9.18 Å². The van der Waals surface area contributed by atoms with Crippen molar-refractivity contribution in [2.45, 2.75) is 90.7 Å². The second kappa shape index (κ2) is 9.39. The molecule has 0 saturated carbocycles. The van der Waals surface area contributed by atoms with E-state index in [2.05, 4.69) is 15.6 Å². The first-order valence-electron chi connectivity index (χ1n) is 11.0. The van der Waals surface area contributed by atoms with E-state index in [1.165, 1.54) is 6.07 Å². The van der Waals surface area contributed by atoms with Crippen LogP contribution < -0.4 is 10.8 Å². The van der Waals surface area contributed by atoms with Crippen molar-refractivity contribution >= 4 is 34.9 Å². The number of alkyl carbamates (subject to hydrolysis) is 1. The Morgan fingerprint density at radius 2 is 1.70 bits per heavy atom. The third kappa shape index (κ3) is 6.36. The number of benzene rings is 1. The molecule has 33 heavy (non-hydrogen) atoms. The number of rotatable bonds is 6. The molecular weight excluding hydrogens is 444 g/mol. The number of esters is 1. The fourth-order valence-corrected chi connectivity index (χ4v) is 3.76. The Kier molecular flexibility index (Phi) is 7.77. The van der Waals surface area contributed by atoms with Crippen LogP contribution >= 0.6 is 0 Å². The molecule has 1 atom stereocenters. The van der Waals surface area contributed by atoms with Gasteiger partial charge in [-0.1, -0.05) is 12.1 Å². The monoisotopic (exact) mass is 478 g/mol. The standard InChI is InChI=1S/C23H34BFNO6Si/c1-10-29-17(27)13-23(33,26-19(28)30-20(3,4)5)16-12-15(11-14(2)18(16)25)24-31-21(6,7)22(8,9)32-24/h11-12H,10,13H2,1-9H3,(H,26,28)/t23-/m0/s1. The molecule has 0 spiro atoms. The lowest BCUT2D eigenvalue weighted by Crippen LogP contribution is -2.51. The molecular formula is C23H34BFNO6Si. The van der Waals surface area contributed by atoms with Gasteiger partial charge in [-0.15, -0.1) is 0 Å². The smallest absolute Gasteiger partial charge is 0.466 e. The average molecular weight is 478 g/mol. The van der Waals surface area contributed by atoms with Gasteiger partial charge in [0.05, 0.1) is 39.6 Å². The zero-order chi connectivity index (χ0) is 25.4. The van der Waals surface area contributed by atoms with Gasteiger partial charge in [0.25, 0.3) is 0 Å². The van der Waals surface area contributed by atoms with E-state index in [0.29, 0.717) is 11.0 Å². The molecule has 10 heteroatoms. The second-order valence-electron chi connectivity index (χ2n) is 10.3. The number of halogens is 1. The van der Waals surface area contributed by atoms with Gasteiger partial charge in [-0.2, -0.15) is 0 Å². The molecule has 0 unspecified atom stereocenters. The first-order valence-corrected chi connectivity index (χ1v) is 11.5. The van der Waals surface area contributed by atoms with Crippen molar-refractivity contribution in [3.63, 3.8) is 0 Å². The molecule has 1 fully saturated rings. The lowest BCUT2D eigenvalue weighted by Gasteiger charge is -2.33. The van der Waals surface area contributed by atoms with Gasteiger partial charge in [0, 0.05) is 5.56 Å². The largest absolute Gasteiger partial charge is 0.494 e. The van der Waals surface area contributed by atoms with Crippen LogP contribution in [-0.2, 0) is 28.7 Å². The highest BCUT2D eigenvalue weighted by Crippen LogP contribution is 2.37. The van der Waals surface area contributed by atoms with Crippen LogP contribution in [-0.4, -0.2) is 52.8 Å². The van der Waals surface area contributed by atoms with Gasteiger partial charge in [-0.05, 0) is 73.3 Å². The van der Waals surface area contributed by atoms with Crippen LogP contribution in [0.2, 0.25) is 0 Å². The fourth-order valence-electron chi connectivity index (χ4n) is 3.34. The molecule has 7 nitrogen and oxygen atoms in total. The van der Waals surface area contributed by atoms with E-state index in [9.17, 15) is 9.59 Å². The maximum Gasteiger partial charge on any atom is 0.494 e. The molecule has 2 rings (SSSR count). The molecule has 0 aliphatic carbocycles. The summed E-state index contributed by atoms with van der Waals surface area (Å²) in [6.07, 6.45) is -1.19. The number of carbonyl (C=O) groups excluding carboxylic acids is 2. The summed E-state index contributed by atoms with van der Waals surface area (Å²) in [5.74, 6) is -1.22. The van der Waals surface area contributed by atoms with Crippen LogP contribution in [0.25, 0.3) is 0 Å². The summed E-state index contributed by atoms with van der Waals surface area (Å²) in [6.45, 7) is 16.2. The maximum atomic E-state index is 15.4. The highest BCUT2D eigenvalue weighted by molar-refractivity contribution is 6.62. The summed E-state index contributed by atoms with van der Waals surface area (Å²) in [5.41, 5.74) is -1.09. The Morgan fingerprint density at radius 3 is 2.18 bits per heavy atom. The number of carbonyl (C=O) groups is 2. The van der Waals surface area contributed by atoms with Crippen molar-refractivity contribution in [2.75, 3.05) is 6.61 Å². The lowest BCUT2D eigenvalue weighted by atomic mass is 9.76. The van der Waals surface area contributed by atoms with E-state index >= 15 is 4.39 Å². The number of ether oxygens (including phenoxy) is 2. The van der Waals surface area contributed by atoms with Crippen molar-refractivity contribution in [1.82, 2.24) is 5.32 Å². The van der Waals surface area contributed by atoms with Crippen LogP contribution in [0, 0.1) is 12.7 Å². The van der Waals surface area contributed by atoms with E-state index in [1.807, 2.05) is 27.7 Å². The fraction of sp³-hybridized carbons (Fsp3) is 0.652. The SMILES string of the molecule is CCOC(=O)C[C@@]([Si])(NC(=O)OC(C)(C)C)c1cc(B2OC(C)(C)C(C)(C)O2)cc(C)c1F. The molecule has 1 amide bonds. The predicted molar refractivity (Wildman–Crippen MR) is 125 cm³/mol. The Labute approximate surface area is 199 Å². The molecule has 1 heterocycles. The Morgan fingerprint density at radius 1 is 1.15 bits per heavy atom. The van der Waals surface area contributed by atoms with Crippen molar-refractivity contribution in [2.24, 2.45) is 0 Å². The number of aryl methyl sites for hydroxylation is 1. The van der Waals surface area contributed by atoms with Crippen LogP contribution in [0.5, 0.6) is 0 Å². The number of amides is 1. The first-order chi connectivity index (χ1) is 14.9. The van der Waals surface area contributed by atoms with Crippen molar-refractivity contribution in [1.29, 1.82) is 0 Å². The minimum atomic E-state index is -1.64. The van der Waals surface area contributed by atoms with Crippen LogP contribution in [0.1, 0.15) is 72.9 Å². The molecule has 181 valence electrons. The van der Waals surface area contributed by atoms with Crippen molar-refractivity contribution in [3.8, 4) is 0 Å². The summed E-state index contributed by atoms with van der Waals surface area (Å²) >= 11 is 0. The zero-order valence-electron chi connectivity index (χ0n) is 21.0. The van der Waals surface area contributed by atoms with E-state index < -0.39 is 47.0 Å². The summed E-state index contributed by atoms with van der Waals surface area (Å²) < 4.78 is 38.1. The molecule has 1 aliphatic rings. The summed E-state index contributed by atoms with van der Waals surface area (Å²) in [7, 11) is 2.72. The van der Waals surface area contributed by atoms with E-state index in [4.69, 9.17) is 18.8 Å². The Bertz CT molecular complexity index is 901. The lowest BCUT2D eigenvalue weighted by molar-refractivity contribution is -0.144. The van der Waals surface area contributed by atoms with E-state index in [1.54, 1.807) is 40.7 Å². The summed E-state index contributed by atoms with van der Waals surface area (Å²) in [4.78, 5) is 25.0. The minimum Gasteiger partial charge on any atom is -0.466 e. The molecule has 1 saturated heterocycles. The normalized spacial score (nSPS) is 19.1. The quantitative estimate of drug-likeness (QED) is 0.500. The zero-order valence-corrected chi connectivity index (χ0v) is 22.0. The molecule has 1 aromatic rings. The van der Waals surface area contributed by atoms with Crippen molar-refractivity contribution in [3.05, 3.63) is 29.1 Å². The van der Waals surface area contributed by atoms with Gasteiger partial charge in [0.1, 0.15) is 11.4 Å². The number of hydrogen-bond acceptors (Lipinski definition) is 6. The van der Waals surface area contributed by atoms with Gasteiger partial charge in [0.15, 0.2) is 0 Å². The molecule has 1 aliphatic heterocycles. The van der Waals surface area contributed by atoms with Gasteiger partial charge in [-0.3, -0.25) is 4.79 Å². The average Bonchev–Trinajstić information content (AvgIpc) is 2.82. The third-order valence-electron chi connectivity index (χ3n) is 5.69. The molecule has 1 N–H and O–H groups in total. The topological polar surface area (TPSA) is 83.1 Å². The first kappa shape index (κ1) is 27.3. The van der Waals surface area contributed by atoms with Gasteiger partial charge < -0.3 is 24.1 Å². The number of hydrogen-bond donors (Lipinski definition) is 1. The van der Waals surface area contributed by atoms with Crippen LogP contribution in [0.3, 0.4) is 0 Å². The summed E-state index contributed by atoms with van der Waals surface area (Å²) in [5, 5.41) is 0.968. The highest BCUT2D eigenvalue weighted by Gasteiger charge is 2.52.